The average Bonchev–Trinajstić information content (AvgIpc) is 2.86. The second-order valence-corrected chi connectivity index (χ2v) is 7.78. The van der Waals surface area contributed by atoms with E-state index >= 15 is 0 Å². The molecule has 5 nitrogen and oxygen atoms in total. The van der Waals surface area contributed by atoms with Crippen molar-refractivity contribution < 1.29 is 13.2 Å². The molecule has 8 heteroatoms. The van der Waals surface area contributed by atoms with Gasteiger partial charge in [-0.3, -0.25) is 4.99 Å². The molecule has 0 aliphatic rings. The molecule has 1 aromatic heterocycles. The van der Waals surface area contributed by atoms with Crippen LogP contribution in [0.15, 0.2) is 96.3 Å². The van der Waals surface area contributed by atoms with Crippen molar-refractivity contribution in [3.05, 3.63) is 102 Å². The van der Waals surface area contributed by atoms with E-state index in [4.69, 9.17) is 0 Å². The Labute approximate surface area is 201 Å². The van der Waals surface area contributed by atoms with Gasteiger partial charge in [0, 0.05) is 23.1 Å². The lowest BCUT2D eigenvalue weighted by Gasteiger charge is -2.17. The van der Waals surface area contributed by atoms with Crippen molar-refractivity contribution >= 4 is 22.6 Å². The van der Waals surface area contributed by atoms with E-state index < -0.39 is 11.7 Å². The molecule has 4 aromatic rings. The number of nitrogens with one attached hydrogen (secondary N) is 2. The Kier molecular flexibility index (Phi) is 7.10. The van der Waals surface area contributed by atoms with E-state index in [1.54, 1.807) is 18.2 Å². The average molecular weight is 476 g/mol. The highest BCUT2D eigenvalue weighted by Gasteiger charge is 2.34. The molecule has 0 radical (unpaired) electrons. The Balaban J connectivity index is 1.71. The quantitative estimate of drug-likeness (QED) is 0.232. The van der Waals surface area contributed by atoms with Gasteiger partial charge in [-0.2, -0.15) is 13.2 Å². The van der Waals surface area contributed by atoms with Gasteiger partial charge in [0.15, 0.2) is 5.82 Å². The van der Waals surface area contributed by atoms with E-state index in [1.165, 1.54) is 18.2 Å². The first-order valence-electron chi connectivity index (χ1n) is 11.1. The van der Waals surface area contributed by atoms with Gasteiger partial charge in [0.25, 0.3) is 0 Å². The number of alkyl halides is 3. The van der Waals surface area contributed by atoms with E-state index in [9.17, 15) is 13.2 Å². The molecule has 0 saturated carbocycles. The normalized spacial score (nSPS) is 11.9. The number of anilines is 1. The number of para-hydroxylation sites is 1. The summed E-state index contributed by atoms with van der Waals surface area (Å²) >= 11 is 0. The third-order valence-electron chi connectivity index (χ3n) is 5.16. The van der Waals surface area contributed by atoms with Crippen molar-refractivity contribution in [3.8, 4) is 11.4 Å². The number of amidine groups is 1. The molecule has 178 valence electrons. The van der Waals surface area contributed by atoms with Crippen LogP contribution in [-0.4, -0.2) is 22.3 Å². The van der Waals surface area contributed by atoms with Crippen molar-refractivity contribution in [1.82, 2.24) is 15.3 Å². The third kappa shape index (κ3) is 5.66. The van der Waals surface area contributed by atoms with Crippen LogP contribution in [0.4, 0.5) is 19.0 Å². The maximum atomic E-state index is 13.7. The molecule has 0 unspecified atom stereocenters. The van der Waals surface area contributed by atoms with Gasteiger partial charge in [-0.15, -0.1) is 0 Å². The highest BCUT2D eigenvalue weighted by molar-refractivity contribution is 6.00. The number of aliphatic imine (C=N–C) groups is 1. The lowest BCUT2D eigenvalue weighted by molar-refractivity contribution is -0.137. The van der Waals surface area contributed by atoms with E-state index in [0.717, 1.165) is 18.1 Å². The Morgan fingerprint density at radius 2 is 1.60 bits per heavy atom. The number of hydrogen-bond acceptors (Lipinski definition) is 4. The molecular weight excluding hydrogens is 451 g/mol. The molecule has 0 fully saturated rings. The fourth-order valence-electron chi connectivity index (χ4n) is 3.56. The first kappa shape index (κ1) is 23.9. The molecule has 0 saturated heterocycles. The second-order valence-electron chi connectivity index (χ2n) is 7.78. The van der Waals surface area contributed by atoms with Crippen LogP contribution in [0.2, 0.25) is 0 Å². The minimum atomic E-state index is -4.54. The molecular formula is C27H24F3N5. The molecule has 1 heterocycles. The number of fused-ring (bicyclic) bond motifs is 1. The summed E-state index contributed by atoms with van der Waals surface area (Å²) in [4.78, 5) is 13.5. The van der Waals surface area contributed by atoms with Gasteiger partial charge in [0.2, 0.25) is 0 Å². The summed E-state index contributed by atoms with van der Waals surface area (Å²) in [5.41, 5.74) is 0.502. The van der Waals surface area contributed by atoms with Crippen molar-refractivity contribution in [2.24, 2.45) is 4.99 Å². The number of aromatic nitrogens is 2. The summed E-state index contributed by atoms with van der Waals surface area (Å²) in [6.07, 6.45) is -3.67. The zero-order valence-electron chi connectivity index (χ0n) is 19.1. The van der Waals surface area contributed by atoms with Crippen LogP contribution in [0.5, 0.6) is 0 Å². The standard InChI is InChI=1S/C27H24F3N5/c1-3-17-31-24(19-11-5-4-6-12-19)32-18(2)33-26-21-14-8-10-16-23(21)34-25(35-26)20-13-7-9-15-22(20)27(28,29)30/h4-16H,2-3,17H2,1H3,(H,31,32)(H,33,34,35). The zero-order valence-corrected chi connectivity index (χ0v) is 19.1. The topological polar surface area (TPSA) is 62.2 Å². The van der Waals surface area contributed by atoms with Gasteiger partial charge in [0.05, 0.1) is 11.1 Å². The lowest BCUT2D eigenvalue weighted by Crippen LogP contribution is -2.28. The van der Waals surface area contributed by atoms with E-state index in [0.29, 0.717) is 34.9 Å². The van der Waals surface area contributed by atoms with E-state index in [1.807, 2.05) is 43.3 Å². The fraction of sp³-hybridized carbons (Fsp3) is 0.148. The zero-order chi connectivity index (χ0) is 24.8. The molecule has 0 aliphatic carbocycles. The second kappa shape index (κ2) is 10.4. The maximum absolute atomic E-state index is 13.7. The molecule has 2 N–H and O–H groups in total. The summed E-state index contributed by atoms with van der Waals surface area (Å²) in [6.45, 7) is 6.70. The SMILES string of the molecule is C=C(NC(=NCCC)c1ccccc1)Nc1nc(-c2ccccc2C(F)(F)F)nc2ccccc12. The van der Waals surface area contributed by atoms with Crippen LogP contribution >= 0.6 is 0 Å². The summed E-state index contributed by atoms with van der Waals surface area (Å²) in [7, 11) is 0. The Hall–Kier alpha value is -4.20. The van der Waals surface area contributed by atoms with Crippen molar-refractivity contribution in [1.29, 1.82) is 0 Å². The molecule has 0 amide bonds. The van der Waals surface area contributed by atoms with Crippen molar-refractivity contribution in [2.45, 2.75) is 19.5 Å². The van der Waals surface area contributed by atoms with E-state index in [-0.39, 0.29) is 11.4 Å². The van der Waals surface area contributed by atoms with Crippen LogP contribution in [0, 0.1) is 0 Å². The lowest BCUT2D eigenvalue weighted by atomic mass is 10.1. The van der Waals surface area contributed by atoms with Gasteiger partial charge in [-0.1, -0.05) is 74.2 Å². The molecule has 0 atom stereocenters. The van der Waals surface area contributed by atoms with Gasteiger partial charge >= 0.3 is 6.18 Å². The molecule has 0 bridgehead atoms. The highest BCUT2D eigenvalue weighted by Crippen LogP contribution is 2.36. The largest absolute Gasteiger partial charge is 0.417 e. The molecule has 35 heavy (non-hydrogen) atoms. The van der Waals surface area contributed by atoms with Crippen LogP contribution in [-0.2, 0) is 6.18 Å². The monoisotopic (exact) mass is 475 g/mol. The molecule has 0 spiro atoms. The summed E-state index contributed by atoms with van der Waals surface area (Å²) in [5.74, 6) is 1.31. The maximum Gasteiger partial charge on any atom is 0.417 e. The Bertz CT molecular complexity index is 1360. The number of halogens is 3. The molecule has 0 aliphatic heterocycles. The molecule has 3 aromatic carbocycles. The van der Waals surface area contributed by atoms with Crippen molar-refractivity contribution in [2.75, 3.05) is 11.9 Å². The minimum absolute atomic E-state index is 0.0325. The fourth-order valence-corrected chi connectivity index (χ4v) is 3.56. The first-order chi connectivity index (χ1) is 16.9. The van der Waals surface area contributed by atoms with Crippen molar-refractivity contribution in [3.63, 3.8) is 0 Å². The molecule has 4 rings (SSSR count). The van der Waals surface area contributed by atoms with Crippen LogP contribution in [0.3, 0.4) is 0 Å². The smallest absolute Gasteiger partial charge is 0.327 e. The van der Waals surface area contributed by atoms with Crippen LogP contribution in [0.25, 0.3) is 22.3 Å². The van der Waals surface area contributed by atoms with Crippen LogP contribution in [0.1, 0.15) is 24.5 Å². The summed E-state index contributed by atoms with van der Waals surface area (Å²) in [5, 5.41) is 6.94. The third-order valence-corrected chi connectivity index (χ3v) is 5.16. The van der Waals surface area contributed by atoms with Gasteiger partial charge in [0.1, 0.15) is 17.5 Å². The number of hydrogen-bond donors (Lipinski definition) is 2. The van der Waals surface area contributed by atoms with Gasteiger partial charge < -0.3 is 10.6 Å². The Morgan fingerprint density at radius 3 is 2.34 bits per heavy atom. The number of rotatable bonds is 7. The number of benzene rings is 3. The van der Waals surface area contributed by atoms with Crippen LogP contribution < -0.4 is 10.6 Å². The predicted octanol–water partition coefficient (Wildman–Crippen LogP) is 6.65. The minimum Gasteiger partial charge on any atom is -0.327 e. The summed E-state index contributed by atoms with van der Waals surface area (Å²) in [6, 6.07) is 22.0. The highest BCUT2D eigenvalue weighted by atomic mass is 19.4. The summed E-state index contributed by atoms with van der Waals surface area (Å²) < 4.78 is 41.0. The first-order valence-corrected chi connectivity index (χ1v) is 11.1. The number of nitrogens with zero attached hydrogens (tertiary/aromatic N) is 3. The van der Waals surface area contributed by atoms with Gasteiger partial charge in [-0.05, 0) is 24.6 Å². The van der Waals surface area contributed by atoms with E-state index in [2.05, 4.69) is 32.2 Å². The van der Waals surface area contributed by atoms with Gasteiger partial charge in [-0.25, -0.2) is 9.97 Å². The predicted molar refractivity (Wildman–Crippen MR) is 134 cm³/mol. The Morgan fingerprint density at radius 1 is 0.914 bits per heavy atom.